The number of hydrogen-bond acceptors (Lipinski definition) is 7. The average molecular weight is 444 g/mol. The van der Waals surface area contributed by atoms with Crippen molar-refractivity contribution < 1.29 is 18.7 Å². The predicted molar refractivity (Wildman–Crippen MR) is 126 cm³/mol. The standard InChI is InChI=1S/C25H24N4O4/c1-29(2)20-6-4-5-18(15-20)24(30)26-19-9-13-22(14-10-19)32-16-23-27-28-25(33-23)17-7-11-21(31-3)12-8-17/h4-15H,16H2,1-3H3,(H,26,30). The van der Waals surface area contributed by atoms with Gasteiger partial charge in [0.05, 0.1) is 7.11 Å². The minimum atomic E-state index is -0.177. The summed E-state index contributed by atoms with van der Waals surface area (Å²) in [5, 5.41) is 11.0. The number of benzene rings is 3. The van der Waals surface area contributed by atoms with Gasteiger partial charge in [-0.2, -0.15) is 0 Å². The summed E-state index contributed by atoms with van der Waals surface area (Å²) in [6, 6.07) is 21.9. The van der Waals surface area contributed by atoms with Gasteiger partial charge in [-0.25, -0.2) is 0 Å². The number of methoxy groups -OCH3 is 1. The molecule has 1 amide bonds. The summed E-state index contributed by atoms with van der Waals surface area (Å²) in [6.07, 6.45) is 0. The first-order valence-electron chi connectivity index (χ1n) is 10.3. The Balaban J connectivity index is 1.33. The molecule has 0 aliphatic heterocycles. The van der Waals surface area contributed by atoms with Gasteiger partial charge in [-0.3, -0.25) is 4.79 Å². The average Bonchev–Trinajstić information content (AvgIpc) is 3.33. The van der Waals surface area contributed by atoms with Crippen LogP contribution >= 0.6 is 0 Å². The minimum absolute atomic E-state index is 0.131. The summed E-state index contributed by atoms with van der Waals surface area (Å²) in [4.78, 5) is 14.5. The highest BCUT2D eigenvalue weighted by molar-refractivity contribution is 6.04. The van der Waals surface area contributed by atoms with Crippen molar-refractivity contribution in [1.82, 2.24) is 10.2 Å². The zero-order valence-electron chi connectivity index (χ0n) is 18.6. The molecule has 0 radical (unpaired) electrons. The van der Waals surface area contributed by atoms with E-state index in [9.17, 15) is 4.79 Å². The Morgan fingerprint density at radius 3 is 2.39 bits per heavy atom. The molecule has 1 heterocycles. The van der Waals surface area contributed by atoms with Crippen LogP contribution in [0.25, 0.3) is 11.5 Å². The van der Waals surface area contributed by atoms with E-state index in [-0.39, 0.29) is 12.5 Å². The SMILES string of the molecule is COc1ccc(-c2nnc(COc3ccc(NC(=O)c4cccc(N(C)C)c4)cc3)o2)cc1. The minimum Gasteiger partial charge on any atom is -0.497 e. The maximum atomic E-state index is 12.5. The molecule has 0 spiro atoms. The van der Waals surface area contributed by atoms with Crippen LogP contribution in [-0.4, -0.2) is 37.3 Å². The lowest BCUT2D eigenvalue weighted by Gasteiger charge is -2.13. The Hall–Kier alpha value is -4.33. The second kappa shape index (κ2) is 9.86. The van der Waals surface area contributed by atoms with Crippen LogP contribution < -0.4 is 19.7 Å². The van der Waals surface area contributed by atoms with E-state index in [0.29, 0.717) is 28.8 Å². The smallest absolute Gasteiger partial charge is 0.255 e. The van der Waals surface area contributed by atoms with Crippen molar-refractivity contribution in [2.24, 2.45) is 0 Å². The number of aromatic nitrogens is 2. The van der Waals surface area contributed by atoms with Gasteiger partial charge in [0.1, 0.15) is 11.5 Å². The molecule has 0 unspecified atom stereocenters. The lowest BCUT2D eigenvalue weighted by molar-refractivity contribution is 0.102. The van der Waals surface area contributed by atoms with E-state index >= 15 is 0 Å². The highest BCUT2D eigenvalue weighted by Crippen LogP contribution is 2.22. The van der Waals surface area contributed by atoms with Crippen molar-refractivity contribution in [2.45, 2.75) is 6.61 Å². The molecular weight excluding hydrogens is 420 g/mol. The molecule has 168 valence electrons. The van der Waals surface area contributed by atoms with Crippen molar-refractivity contribution >= 4 is 17.3 Å². The van der Waals surface area contributed by atoms with Crippen LogP contribution in [0.3, 0.4) is 0 Å². The van der Waals surface area contributed by atoms with Crippen LogP contribution in [0.1, 0.15) is 16.2 Å². The molecule has 4 aromatic rings. The Labute approximate surface area is 191 Å². The molecule has 0 saturated heterocycles. The Morgan fingerprint density at radius 1 is 0.970 bits per heavy atom. The Morgan fingerprint density at radius 2 is 1.70 bits per heavy atom. The van der Waals surface area contributed by atoms with E-state index < -0.39 is 0 Å². The van der Waals surface area contributed by atoms with E-state index in [2.05, 4.69) is 15.5 Å². The normalized spacial score (nSPS) is 10.5. The van der Waals surface area contributed by atoms with Crippen LogP contribution in [0.5, 0.6) is 11.5 Å². The highest BCUT2D eigenvalue weighted by Gasteiger charge is 2.10. The molecule has 33 heavy (non-hydrogen) atoms. The molecule has 0 fully saturated rings. The van der Waals surface area contributed by atoms with Gasteiger partial charge in [0.25, 0.3) is 11.8 Å². The van der Waals surface area contributed by atoms with Crippen molar-refractivity contribution in [3.63, 3.8) is 0 Å². The van der Waals surface area contributed by atoms with Gasteiger partial charge in [0.2, 0.25) is 5.89 Å². The zero-order chi connectivity index (χ0) is 23.2. The number of nitrogens with zero attached hydrogens (tertiary/aromatic N) is 3. The second-order valence-electron chi connectivity index (χ2n) is 7.44. The monoisotopic (exact) mass is 444 g/mol. The number of carbonyl (C=O) groups is 1. The van der Waals surface area contributed by atoms with Crippen molar-refractivity contribution in [2.75, 3.05) is 31.4 Å². The van der Waals surface area contributed by atoms with Crippen molar-refractivity contribution in [1.29, 1.82) is 0 Å². The summed E-state index contributed by atoms with van der Waals surface area (Å²) in [6.45, 7) is 0.131. The summed E-state index contributed by atoms with van der Waals surface area (Å²) in [5.74, 6) is 1.96. The summed E-state index contributed by atoms with van der Waals surface area (Å²) in [5.41, 5.74) is 3.01. The van der Waals surface area contributed by atoms with E-state index in [1.807, 2.05) is 61.5 Å². The van der Waals surface area contributed by atoms with Gasteiger partial charge >= 0.3 is 0 Å². The van der Waals surface area contributed by atoms with Crippen LogP contribution in [0.2, 0.25) is 0 Å². The van der Waals surface area contributed by atoms with E-state index in [1.165, 1.54) is 0 Å². The zero-order valence-corrected chi connectivity index (χ0v) is 18.6. The number of nitrogens with one attached hydrogen (secondary N) is 1. The highest BCUT2D eigenvalue weighted by atomic mass is 16.5. The van der Waals surface area contributed by atoms with Crippen LogP contribution in [0.15, 0.2) is 77.2 Å². The van der Waals surface area contributed by atoms with Crippen LogP contribution in [0.4, 0.5) is 11.4 Å². The first kappa shape index (κ1) is 21.9. The molecule has 0 atom stereocenters. The quantitative estimate of drug-likeness (QED) is 0.423. The van der Waals surface area contributed by atoms with Gasteiger partial charge in [-0.15, -0.1) is 10.2 Å². The van der Waals surface area contributed by atoms with Crippen LogP contribution in [-0.2, 0) is 6.61 Å². The third-order valence-electron chi connectivity index (χ3n) is 4.90. The number of rotatable bonds is 8. The van der Waals surface area contributed by atoms with Crippen LogP contribution in [0, 0.1) is 0 Å². The maximum Gasteiger partial charge on any atom is 0.255 e. The lowest BCUT2D eigenvalue weighted by atomic mass is 10.1. The molecule has 0 saturated carbocycles. The molecule has 1 N–H and O–H groups in total. The fourth-order valence-corrected chi connectivity index (χ4v) is 3.07. The van der Waals surface area contributed by atoms with Gasteiger partial charge in [0, 0.05) is 36.6 Å². The van der Waals surface area contributed by atoms with Crippen molar-refractivity contribution in [3.8, 4) is 23.0 Å². The van der Waals surface area contributed by atoms with E-state index in [0.717, 1.165) is 17.0 Å². The number of amides is 1. The van der Waals surface area contributed by atoms with Gasteiger partial charge in [-0.1, -0.05) is 6.07 Å². The third kappa shape index (κ3) is 5.48. The molecule has 1 aromatic heterocycles. The second-order valence-corrected chi connectivity index (χ2v) is 7.44. The lowest BCUT2D eigenvalue weighted by Crippen LogP contribution is -2.14. The van der Waals surface area contributed by atoms with Gasteiger partial charge < -0.3 is 24.1 Å². The largest absolute Gasteiger partial charge is 0.497 e. The number of anilines is 2. The van der Waals surface area contributed by atoms with Gasteiger partial charge in [-0.05, 0) is 66.7 Å². The fourth-order valence-electron chi connectivity index (χ4n) is 3.07. The molecule has 8 heteroatoms. The fraction of sp³-hybridized carbons (Fsp3) is 0.160. The summed E-state index contributed by atoms with van der Waals surface area (Å²) < 4.78 is 16.5. The first-order valence-corrected chi connectivity index (χ1v) is 10.3. The Bertz CT molecular complexity index is 1220. The maximum absolute atomic E-state index is 12.5. The first-order chi connectivity index (χ1) is 16.0. The topological polar surface area (TPSA) is 89.7 Å². The third-order valence-corrected chi connectivity index (χ3v) is 4.90. The molecule has 8 nitrogen and oxygen atoms in total. The molecule has 0 aliphatic carbocycles. The molecule has 0 bridgehead atoms. The Kier molecular flexibility index (Phi) is 6.54. The molecule has 4 rings (SSSR count). The summed E-state index contributed by atoms with van der Waals surface area (Å²) in [7, 11) is 5.48. The molecular formula is C25H24N4O4. The summed E-state index contributed by atoms with van der Waals surface area (Å²) >= 11 is 0. The number of hydrogen-bond donors (Lipinski definition) is 1. The van der Waals surface area contributed by atoms with E-state index in [4.69, 9.17) is 13.9 Å². The number of carbonyl (C=O) groups excluding carboxylic acids is 1. The van der Waals surface area contributed by atoms with Gasteiger partial charge in [0.15, 0.2) is 6.61 Å². The molecule has 0 aliphatic rings. The number of ether oxygens (including phenoxy) is 2. The van der Waals surface area contributed by atoms with E-state index in [1.54, 1.807) is 37.4 Å². The van der Waals surface area contributed by atoms with Crippen molar-refractivity contribution in [3.05, 3.63) is 84.3 Å². The predicted octanol–water partition coefficient (Wildman–Crippen LogP) is 4.64. The molecule has 3 aromatic carbocycles.